The molecule has 0 aromatic heterocycles. The minimum absolute atomic E-state index is 0.888. The second-order valence-electron chi connectivity index (χ2n) is 12.8. The van der Waals surface area contributed by atoms with Crippen molar-refractivity contribution in [3.63, 3.8) is 0 Å². The molecule has 0 bridgehead atoms. The van der Waals surface area contributed by atoms with Crippen molar-refractivity contribution in [1.82, 2.24) is 0 Å². The summed E-state index contributed by atoms with van der Waals surface area (Å²) < 4.78 is 0. The minimum atomic E-state index is 0.888. The van der Waals surface area contributed by atoms with Gasteiger partial charge in [0.15, 0.2) is 0 Å². The highest BCUT2D eigenvalue weighted by Gasteiger charge is 3.02. The van der Waals surface area contributed by atoms with Gasteiger partial charge in [-0.15, -0.1) is 0 Å². The summed E-state index contributed by atoms with van der Waals surface area (Å²) in [4.78, 5) is 0. The average molecular weight is 288 g/mol. The number of hydrogen-bond donors (Lipinski definition) is 0. The van der Waals surface area contributed by atoms with E-state index in [1.54, 1.807) is 0 Å². The van der Waals surface area contributed by atoms with Crippen molar-refractivity contribution >= 4 is 0 Å². The summed E-state index contributed by atoms with van der Waals surface area (Å²) in [5, 5.41) is 0. The highest BCUT2D eigenvalue weighted by Crippen LogP contribution is 3.06. The molecule has 0 N–H and O–H groups in total. The van der Waals surface area contributed by atoms with Crippen LogP contribution in [0.3, 0.4) is 0 Å². The molecule has 0 heteroatoms. The smallest absolute Gasteiger partial charge is 0.0224 e. The molecule has 0 radical (unpaired) electrons. The Bertz CT molecular complexity index is 555. The van der Waals surface area contributed by atoms with Crippen LogP contribution in [0.25, 0.3) is 0 Å². The first kappa shape index (κ1) is 9.47. The molecule has 12 saturated carbocycles. The van der Waals surface area contributed by atoms with E-state index in [1.165, 1.54) is 107 Å². The Kier molecular flexibility index (Phi) is 0.830. The summed E-state index contributed by atoms with van der Waals surface area (Å²) >= 11 is 0. The van der Waals surface area contributed by atoms with Gasteiger partial charge in [-0.3, -0.25) is 0 Å². The molecule has 112 valence electrons. The van der Waals surface area contributed by atoms with Crippen molar-refractivity contribution in [2.75, 3.05) is 0 Å². The molecule has 12 aliphatic carbocycles. The molecular formula is C22H24. The van der Waals surface area contributed by atoms with Crippen LogP contribution in [0.15, 0.2) is 0 Å². The summed E-state index contributed by atoms with van der Waals surface area (Å²) in [6.07, 6.45) is 0. The Labute approximate surface area is 131 Å². The molecule has 12 rings (SSSR count). The number of rotatable bonds is 0. The largest absolute Gasteiger partial charge is 0.0588 e. The Hall–Kier alpha value is 0. The third-order valence-electron chi connectivity index (χ3n) is 14.6. The molecule has 22 heavy (non-hydrogen) atoms. The fourth-order valence-corrected chi connectivity index (χ4v) is 16.7. The van der Waals surface area contributed by atoms with Crippen LogP contribution in [0.4, 0.5) is 0 Å². The van der Waals surface area contributed by atoms with E-state index in [1.807, 2.05) is 0 Å². The zero-order valence-corrected chi connectivity index (χ0v) is 13.4. The van der Waals surface area contributed by atoms with Crippen LogP contribution in [0.2, 0.25) is 0 Å². The van der Waals surface area contributed by atoms with Crippen molar-refractivity contribution in [1.29, 1.82) is 0 Å². The van der Waals surface area contributed by atoms with Crippen molar-refractivity contribution < 1.29 is 0 Å². The molecule has 0 aliphatic heterocycles. The maximum absolute atomic E-state index is 2.89. The predicted octanol–water partition coefficient (Wildman–Crippen LogP) is 3.24. The molecule has 0 amide bonds. The lowest BCUT2D eigenvalue weighted by atomic mass is 9.64. The Morgan fingerprint density at radius 2 is 0.455 bits per heavy atom. The molecule has 12 fully saturated rings. The lowest BCUT2D eigenvalue weighted by Crippen LogP contribution is -2.37. The van der Waals surface area contributed by atoms with Gasteiger partial charge in [-0.2, -0.15) is 0 Å². The van der Waals surface area contributed by atoms with Crippen LogP contribution >= 0.6 is 0 Å². The summed E-state index contributed by atoms with van der Waals surface area (Å²) in [5.41, 5.74) is 1.78. The fourth-order valence-electron chi connectivity index (χ4n) is 16.7. The normalized spacial score (nSPS) is 106. The predicted molar refractivity (Wildman–Crippen MR) is 79.0 cm³/mol. The first-order valence-corrected chi connectivity index (χ1v) is 10.7. The van der Waals surface area contributed by atoms with Gasteiger partial charge in [0.05, 0.1) is 0 Å². The maximum atomic E-state index is 2.89. The van der Waals surface area contributed by atoms with Crippen LogP contribution in [-0.2, 0) is 0 Å². The van der Waals surface area contributed by atoms with E-state index in [9.17, 15) is 0 Å². The second kappa shape index (κ2) is 1.93. The Morgan fingerprint density at radius 1 is 0.318 bits per heavy atom. The summed E-state index contributed by atoms with van der Waals surface area (Å²) in [6, 6.07) is 0. The molecular weight excluding hydrogens is 264 g/mol. The van der Waals surface area contributed by atoms with Crippen LogP contribution in [0.5, 0.6) is 0 Å². The average Bonchev–Trinajstić information content (AvgIpc) is 3.13. The summed E-state index contributed by atoms with van der Waals surface area (Å²) in [5.74, 6) is 22.9. The van der Waals surface area contributed by atoms with Gasteiger partial charge in [-0.1, -0.05) is 13.8 Å². The second-order valence-corrected chi connectivity index (χ2v) is 12.8. The quantitative estimate of drug-likeness (QED) is 0.642. The van der Waals surface area contributed by atoms with Crippen LogP contribution in [-0.4, -0.2) is 0 Å². The van der Waals surface area contributed by atoms with Crippen molar-refractivity contribution in [2.45, 2.75) is 13.8 Å². The van der Waals surface area contributed by atoms with Gasteiger partial charge in [-0.25, -0.2) is 0 Å². The molecule has 0 atom stereocenters. The van der Waals surface area contributed by atoms with E-state index in [0.29, 0.717) is 0 Å². The molecule has 0 saturated heterocycles. The van der Waals surface area contributed by atoms with Gasteiger partial charge in [0, 0.05) is 0 Å². The van der Waals surface area contributed by atoms with Crippen LogP contribution < -0.4 is 0 Å². The molecule has 0 spiro atoms. The van der Waals surface area contributed by atoms with Gasteiger partial charge >= 0.3 is 0 Å². The van der Waals surface area contributed by atoms with Gasteiger partial charge in [0.2, 0.25) is 0 Å². The van der Waals surface area contributed by atoms with E-state index in [0.717, 1.165) is 10.8 Å². The SMILES string of the molecule is CC12C3C4C5C6C7C(C8C9C%10C(C3C3C4C6C(C)(C3%10)C79)C81)C52. The number of hydrogen-bond acceptors (Lipinski definition) is 0. The highest BCUT2D eigenvalue weighted by molar-refractivity contribution is 5.49. The third kappa shape index (κ3) is 0.414. The maximum Gasteiger partial charge on any atom is -0.0224 e. The summed E-state index contributed by atoms with van der Waals surface area (Å²) in [6.45, 7) is 5.78. The first-order chi connectivity index (χ1) is 10.7. The lowest BCUT2D eigenvalue weighted by molar-refractivity contribution is 0.0624. The third-order valence-corrected chi connectivity index (χ3v) is 14.6. The van der Waals surface area contributed by atoms with Crippen LogP contribution in [0.1, 0.15) is 13.8 Å². The molecule has 0 aromatic carbocycles. The van der Waals surface area contributed by atoms with E-state index in [4.69, 9.17) is 0 Å². The highest BCUT2D eigenvalue weighted by atomic mass is 15.1. The molecule has 0 unspecified atom stereocenters. The molecule has 0 aromatic rings. The van der Waals surface area contributed by atoms with Crippen molar-refractivity contribution in [2.24, 2.45) is 117 Å². The Balaban J connectivity index is 1.48. The topological polar surface area (TPSA) is 0 Å². The van der Waals surface area contributed by atoms with Crippen molar-refractivity contribution in [3.8, 4) is 0 Å². The fraction of sp³-hybridized carbons (Fsp3) is 1.00. The molecule has 12 aliphatic rings. The molecule has 0 heterocycles. The van der Waals surface area contributed by atoms with Gasteiger partial charge in [-0.05, 0) is 117 Å². The minimum Gasteiger partial charge on any atom is -0.0588 e. The monoisotopic (exact) mass is 288 g/mol. The van der Waals surface area contributed by atoms with E-state index < -0.39 is 0 Å². The lowest BCUT2D eigenvalue weighted by Gasteiger charge is -2.40. The van der Waals surface area contributed by atoms with Gasteiger partial charge in [0.25, 0.3) is 0 Å². The summed E-state index contributed by atoms with van der Waals surface area (Å²) in [7, 11) is 0. The zero-order chi connectivity index (χ0) is 13.4. The van der Waals surface area contributed by atoms with Gasteiger partial charge in [0.1, 0.15) is 0 Å². The molecule has 0 nitrogen and oxygen atoms in total. The van der Waals surface area contributed by atoms with Crippen LogP contribution in [0, 0.1) is 117 Å². The van der Waals surface area contributed by atoms with Crippen molar-refractivity contribution in [3.05, 3.63) is 0 Å². The first-order valence-electron chi connectivity index (χ1n) is 10.7. The van der Waals surface area contributed by atoms with E-state index in [2.05, 4.69) is 13.8 Å². The van der Waals surface area contributed by atoms with E-state index in [-0.39, 0.29) is 0 Å². The standard InChI is InChI=1S/C22H24/c1-21-15-3-4-10-12-7(16(4)21)8-14-13-6(17(8)21)5(15)11-9(3)18(10)22(2,19(11)13)20(12)14/h3-20H,1-2H3. The Morgan fingerprint density at radius 3 is 0.591 bits per heavy atom. The van der Waals surface area contributed by atoms with E-state index >= 15 is 0 Å². The zero-order valence-electron chi connectivity index (χ0n) is 13.4. The van der Waals surface area contributed by atoms with Gasteiger partial charge < -0.3 is 0 Å².